The van der Waals surface area contributed by atoms with Crippen molar-refractivity contribution in [3.05, 3.63) is 29.1 Å². The molecule has 0 saturated heterocycles. The number of aromatic nitrogens is 2. The van der Waals surface area contributed by atoms with Crippen LogP contribution in [0.1, 0.15) is 68.1 Å². The number of nitrogens with zero attached hydrogens (tertiary/aromatic N) is 1. The molecule has 0 radical (unpaired) electrons. The standard InChI is InChI=1S/C19H27N3/c1-11(6-7-20-16-8-12(16)2)17-13(3)9-21-19-18(17)15(10-22-19)14-4-5-14/h9-12,14,16,20H,4-8H2,1-3H3,(H,21,22). The predicted octanol–water partition coefficient (Wildman–Crippen LogP) is 4.24. The Bertz CT molecular complexity index is 683. The Morgan fingerprint density at radius 1 is 1.41 bits per heavy atom. The predicted molar refractivity (Wildman–Crippen MR) is 91.4 cm³/mol. The van der Waals surface area contributed by atoms with Crippen molar-refractivity contribution in [1.29, 1.82) is 0 Å². The van der Waals surface area contributed by atoms with Gasteiger partial charge in [0.2, 0.25) is 0 Å². The second-order valence-corrected chi connectivity index (χ2v) is 7.56. The molecule has 2 aromatic heterocycles. The number of aryl methyl sites for hydroxylation is 1. The van der Waals surface area contributed by atoms with Gasteiger partial charge in [-0.05, 0) is 73.6 Å². The highest BCUT2D eigenvalue weighted by molar-refractivity contribution is 5.86. The molecule has 0 bridgehead atoms. The molecule has 4 rings (SSSR count). The van der Waals surface area contributed by atoms with Crippen LogP contribution in [0.4, 0.5) is 0 Å². The van der Waals surface area contributed by atoms with E-state index >= 15 is 0 Å². The van der Waals surface area contributed by atoms with Crippen LogP contribution in [0.2, 0.25) is 0 Å². The molecule has 0 spiro atoms. The fraction of sp³-hybridized carbons (Fsp3) is 0.632. The second-order valence-electron chi connectivity index (χ2n) is 7.56. The minimum atomic E-state index is 0.584. The fourth-order valence-corrected chi connectivity index (χ4v) is 3.83. The Balaban J connectivity index is 1.58. The van der Waals surface area contributed by atoms with Gasteiger partial charge in [-0.2, -0.15) is 0 Å². The summed E-state index contributed by atoms with van der Waals surface area (Å²) in [4.78, 5) is 8.01. The summed E-state index contributed by atoms with van der Waals surface area (Å²) in [5.41, 5.74) is 5.47. The van der Waals surface area contributed by atoms with Crippen molar-refractivity contribution in [3.63, 3.8) is 0 Å². The van der Waals surface area contributed by atoms with E-state index in [-0.39, 0.29) is 0 Å². The van der Waals surface area contributed by atoms with E-state index in [1.54, 1.807) is 0 Å². The summed E-state index contributed by atoms with van der Waals surface area (Å²) in [6, 6.07) is 0.778. The molecule has 0 amide bonds. The normalized spacial score (nSPS) is 25.6. The molecule has 3 heteroatoms. The number of pyridine rings is 1. The average Bonchev–Trinajstić information content (AvgIpc) is 3.40. The summed E-state index contributed by atoms with van der Waals surface area (Å²) >= 11 is 0. The lowest BCUT2D eigenvalue weighted by Gasteiger charge is -2.17. The number of aromatic amines is 1. The van der Waals surface area contributed by atoms with Crippen molar-refractivity contribution >= 4 is 11.0 Å². The van der Waals surface area contributed by atoms with Gasteiger partial charge in [0.05, 0.1) is 0 Å². The Morgan fingerprint density at radius 3 is 2.86 bits per heavy atom. The van der Waals surface area contributed by atoms with Crippen LogP contribution in [-0.2, 0) is 0 Å². The number of hydrogen-bond acceptors (Lipinski definition) is 2. The van der Waals surface area contributed by atoms with Crippen molar-refractivity contribution in [3.8, 4) is 0 Å². The van der Waals surface area contributed by atoms with Gasteiger partial charge in [-0.1, -0.05) is 13.8 Å². The maximum atomic E-state index is 4.61. The smallest absolute Gasteiger partial charge is 0.137 e. The van der Waals surface area contributed by atoms with Gasteiger partial charge in [0.15, 0.2) is 0 Å². The monoisotopic (exact) mass is 297 g/mol. The molecule has 2 fully saturated rings. The van der Waals surface area contributed by atoms with Gasteiger partial charge in [0, 0.05) is 23.8 Å². The number of rotatable bonds is 6. The maximum absolute atomic E-state index is 4.61. The van der Waals surface area contributed by atoms with E-state index < -0.39 is 0 Å². The first-order chi connectivity index (χ1) is 10.6. The van der Waals surface area contributed by atoms with Crippen LogP contribution in [0.15, 0.2) is 12.4 Å². The molecule has 2 saturated carbocycles. The SMILES string of the molecule is Cc1cnc2[nH]cc(C3CC3)c2c1C(C)CCNC1CC1C. The summed E-state index contributed by atoms with van der Waals surface area (Å²) in [5.74, 6) is 2.24. The van der Waals surface area contributed by atoms with Crippen molar-refractivity contribution in [1.82, 2.24) is 15.3 Å². The average molecular weight is 297 g/mol. The fourth-order valence-electron chi connectivity index (χ4n) is 3.83. The van der Waals surface area contributed by atoms with Crippen molar-refractivity contribution in [2.24, 2.45) is 5.92 Å². The molecule has 3 atom stereocenters. The lowest BCUT2D eigenvalue weighted by molar-refractivity contribution is 0.578. The Kier molecular flexibility index (Phi) is 3.48. The van der Waals surface area contributed by atoms with Crippen molar-refractivity contribution < 1.29 is 0 Å². The summed E-state index contributed by atoms with van der Waals surface area (Å²) < 4.78 is 0. The van der Waals surface area contributed by atoms with Crippen LogP contribution >= 0.6 is 0 Å². The first kappa shape index (κ1) is 14.3. The zero-order chi connectivity index (χ0) is 15.3. The van der Waals surface area contributed by atoms with E-state index in [0.717, 1.165) is 30.1 Å². The molecular weight excluding hydrogens is 270 g/mol. The van der Waals surface area contributed by atoms with Gasteiger partial charge in [-0.15, -0.1) is 0 Å². The van der Waals surface area contributed by atoms with Crippen molar-refractivity contribution in [2.45, 2.75) is 64.3 Å². The quantitative estimate of drug-likeness (QED) is 0.837. The maximum Gasteiger partial charge on any atom is 0.137 e. The molecule has 22 heavy (non-hydrogen) atoms. The Hall–Kier alpha value is -1.35. The largest absolute Gasteiger partial charge is 0.346 e. The number of H-pyrrole nitrogens is 1. The Morgan fingerprint density at radius 2 is 2.18 bits per heavy atom. The third-order valence-corrected chi connectivity index (χ3v) is 5.57. The highest BCUT2D eigenvalue weighted by Gasteiger charge is 2.32. The van der Waals surface area contributed by atoms with Gasteiger partial charge in [0.25, 0.3) is 0 Å². The molecule has 0 aliphatic heterocycles. The summed E-state index contributed by atoms with van der Waals surface area (Å²) in [7, 11) is 0. The molecular formula is C19H27N3. The third kappa shape index (κ3) is 2.56. The molecule has 118 valence electrons. The summed E-state index contributed by atoms with van der Waals surface area (Å²) in [5, 5.41) is 5.12. The lowest BCUT2D eigenvalue weighted by Crippen LogP contribution is -2.20. The highest BCUT2D eigenvalue weighted by atomic mass is 15.0. The van der Waals surface area contributed by atoms with Crippen LogP contribution in [-0.4, -0.2) is 22.6 Å². The van der Waals surface area contributed by atoms with Gasteiger partial charge >= 0.3 is 0 Å². The molecule has 2 heterocycles. The van der Waals surface area contributed by atoms with E-state index in [4.69, 9.17) is 0 Å². The number of fused-ring (bicyclic) bond motifs is 1. The van der Waals surface area contributed by atoms with E-state index in [1.807, 2.05) is 6.20 Å². The molecule has 2 aromatic rings. The van der Waals surface area contributed by atoms with Gasteiger partial charge in [0.1, 0.15) is 5.65 Å². The van der Waals surface area contributed by atoms with Gasteiger partial charge in [-0.25, -0.2) is 4.98 Å². The molecule has 3 nitrogen and oxygen atoms in total. The Labute approximate surface area is 132 Å². The zero-order valence-electron chi connectivity index (χ0n) is 13.9. The highest BCUT2D eigenvalue weighted by Crippen LogP contribution is 2.45. The number of hydrogen-bond donors (Lipinski definition) is 2. The topological polar surface area (TPSA) is 40.7 Å². The van der Waals surface area contributed by atoms with Crippen molar-refractivity contribution in [2.75, 3.05) is 6.54 Å². The lowest BCUT2D eigenvalue weighted by atomic mass is 9.90. The second kappa shape index (κ2) is 5.38. The van der Waals surface area contributed by atoms with Gasteiger partial charge < -0.3 is 10.3 Å². The van der Waals surface area contributed by atoms with Crippen LogP contribution in [0.25, 0.3) is 11.0 Å². The zero-order valence-corrected chi connectivity index (χ0v) is 13.9. The van der Waals surface area contributed by atoms with E-state index in [2.05, 4.69) is 42.3 Å². The first-order valence-electron chi connectivity index (χ1n) is 8.85. The van der Waals surface area contributed by atoms with E-state index in [1.165, 1.54) is 47.8 Å². The van der Waals surface area contributed by atoms with E-state index in [9.17, 15) is 0 Å². The minimum absolute atomic E-state index is 0.584. The summed E-state index contributed by atoms with van der Waals surface area (Å²) in [6.07, 6.45) is 9.49. The van der Waals surface area contributed by atoms with Gasteiger partial charge in [-0.3, -0.25) is 0 Å². The first-order valence-corrected chi connectivity index (χ1v) is 8.85. The van der Waals surface area contributed by atoms with Crippen LogP contribution in [0.3, 0.4) is 0 Å². The molecule has 2 aliphatic carbocycles. The van der Waals surface area contributed by atoms with Crippen LogP contribution < -0.4 is 5.32 Å². The molecule has 2 N–H and O–H groups in total. The number of nitrogens with one attached hydrogen (secondary N) is 2. The molecule has 3 unspecified atom stereocenters. The summed E-state index contributed by atoms with van der Waals surface area (Å²) in [6.45, 7) is 8.06. The van der Waals surface area contributed by atoms with E-state index in [0.29, 0.717) is 5.92 Å². The molecule has 2 aliphatic rings. The molecule has 0 aromatic carbocycles. The third-order valence-electron chi connectivity index (χ3n) is 5.57. The van der Waals surface area contributed by atoms with Crippen LogP contribution in [0, 0.1) is 12.8 Å². The van der Waals surface area contributed by atoms with Crippen LogP contribution in [0.5, 0.6) is 0 Å². The minimum Gasteiger partial charge on any atom is -0.346 e.